The van der Waals surface area contributed by atoms with E-state index in [-0.39, 0.29) is 11.6 Å². The average Bonchev–Trinajstić information content (AvgIpc) is 3.10. The van der Waals surface area contributed by atoms with Crippen molar-refractivity contribution in [1.82, 2.24) is 14.8 Å². The number of rotatable bonds is 4. The second-order valence-electron chi connectivity index (χ2n) is 5.92. The van der Waals surface area contributed by atoms with E-state index < -0.39 is 0 Å². The Morgan fingerprint density at radius 1 is 0.962 bits per heavy atom. The molecular weight excluding hydrogens is 340 g/mol. The molecule has 2 heterocycles. The van der Waals surface area contributed by atoms with E-state index >= 15 is 0 Å². The molecule has 2 aromatic carbocycles. The predicted molar refractivity (Wildman–Crippen MR) is 94.0 cm³/mol. The molecule has 6 nitrogen and oxygen atoms in total. The zero-order chi connectivity index (χ0) is 17.9. The van der Waals surface area contributed by atoms with Gasteiger partial charge >= 0.3 is 0 Å². The number of halogens is 2. The lowest BCUT2D eigenvalue weighted by Crippen LogP contribution is -2.36. The highest BCUT2D eigenvalue weighted by Crippen LogP contribution is 2.24. The Morgan fingerprint density at radius 3 is 2.58 bits per heavy atom. The van der Waals surface area contributed by atoms with Crippen LogP contribution in [0.4, 0.5) is 26.1 Å². The van der Waals surface area contributed by atoms with Crippen molar-refractivity contribution in [1.29, 1.82) is 0 Å². The van der Waals surface area contributed by atoms with Crippen molar-refractivity contribution in [2.75, 3.05) is 36.5 Å². The predicted octanol–water partition coefficient (Wildman–Crippen LogP) is 3.13. The van der Waals surface area contributed by atoms with Crippen LogP contribution in [0, 0.1) is 11.6 Å². The number of nitrogens with one attached hydrogen (secondary N) is 1. The monoisotopic (exact) mass is 357 g/mol. The normalized spacial score (nSPS) is 14.5. The van der Waals surface area contributed by atoms with E-state index in [9.17, 15) is 8.78 Å². The van der Waals surface area contributed by atoms with Crippen molar-refractivity contribution < 1.29 is 13.5 Å². The number of aromatic nitrogens is 3. The van der Waals surface area contributed by atoms with Gasteiger partial charge in [0.25, 0.3) is 0 Å². The highest BCUT2D eigenvalue weighted by molar-refractivity contribution is 5.62. The summed E-state index contributed by atoms with van der Waals surface area (Å²) in [6.07, 6.45) is 1.47. The van der Waals surface area contributed by atoms with Crippen LogP contribution >= 0.6 is 0 Å². The molecule has 1 saturated heterocycles. The summed E-state index contributed by atoms with van der Waals surface area (Å²) in [5.74, 6) is -0.401. The van der Waals surface area contributed by atoms with Crippen molar-refractivity contribution >= 4 is 17.3 Å². The van der Waals surface area contributed by atoms with Crippen LogP contribution in [0.15, 0.2) is 48.8 Å². The van der Waals surface area contributed by atoms with Crippen LogP contribution in [0.3, 0.4) is 0 Å². The second kappa shape index (κ2) is 7.09. The van der Waals surface area contributed by atoms with Crippen LogP contribution < -0.4 is 10.2 Å². The molecule has 1 aliphatic heterocycles. The van der Waals surface area contributed by atoms with Crippen LogP contribution in [0.5, 0.6) is 0 Å². The van der Waals surface area contributed by atoms with Gasteiger partial charge in [0.2, 0.25) is 5.95 Å². The summed E-state index contributed by atoms with van der Waals surface area (Å²) >= 11 is 0. The summed E-state index contributed by atoms with van der Waals surface area (Å²) in [6, 6.07) is 10.8. The zero-order valence-electron chi connectivity index (χ0n) is 13.9. The zero-order valence-corrected chi connectivity index (χ0v) is 13.9. The number of nitrogens with zero attached hydrogens (tertiary/aromatic N) is 4. The molecule has 0 aliphatic carbocycles. The van der Waals surface area contributed by atoms with Crippen LogP contribution in [0.25, 0.3) is 5.69 Å². The van der Waals surface area contributed by atoms with E-state index in [2.05, 4.69) is 20.3 Å². The van der Waals surface area contributed by atoms with Gasteiger partial charge in [-0.25, -0.2) is 13.5 Å². The fraction of sp³-hybridized carbons (Fsp3) is 0.222. The maximum atomic E-state index is 14.0. The molecule has 4 rings (SSSR count). The number of ether oxygens (including phenoxy) is 1. The van der Waals surface area contributed by atoms with Crippen LogP contribution in [-0.2, 0) is 4.74 Å². The molecule has 3 aromatic rings. The van der Waals surface area contributed by atoms with E-state index in [0.29, 0.717) is 30.5 Å². The molecule has 0 atom stereocenters. The van der Waals surface area contributed by atoms with E-state index in [1.807, 2.05) is 6.07 Å². The van der Waals surface area contributed by atoms with Gasteiger partial charge in [0.15, 0.2) is 0 Å². The van der Waals surface area contributed by atoms with Crippen molar-refractivity contribution in [3.8, 4) is 5.69 Å². The first-order valence-corrected chi connectivity index (χ1v) is 8.25. The number of anilines is 3. The molecule has 26 heavy (non-hydrogen) atoms. The minimum Gasteiger partial charge on any atom is -0.378 e. The lowest BCUT2D eigenvalue weighted by atomic mass is 10.2. The first-order valence-electron chi connectivity index (χ1n) is 8.25. The van der Waals surface area contributed by atoms with Crippen molar-refractivity contribution in [2.45, 2.75) is 0 Å². The summed E-state index contributed by atoms with van der Waals surface area (Å²) < 4.78 is 34.1. The molecule has 134 valence electrons. The highest BCUT2D eigenvalue weighted by Gasteiger charge is 2.13. The average molecular weight is 357 g/mol. The molecule has 1 N–H and O–H groups in total. The summed E-state index contributed by atoms with van der Waals surface area (Å²) in [7, 11) is 0. The van der Waals surface area contributed by atoms with Crippen LogP contribution in [0.1, 0.15) is 0 Å². The smallest absolute Gasteiger partial charge is 0.246 e. The minimum absolute atomic E-state index is 0.299. The lowest BCUT2D eigenvalue weighted by molar-refractivity contribution is 0.122. The Bertz CT molecular complexity index is 908. The van der Waals surface area contributed by atoms with Crippen LogP contribution in [-0.4, -0.2) is 41.1 Å². The van der Waals surface area contributed by atoms with E-state index in [1.54, 1.807) is 12.1 Å². The third-order valence-electron chi connectivity index (χ3n) is 4.08. The molecule has 1 aromatic heterocycles. The molecular formula is C18H17F2N5O. The first kappa shape index (κ1) is 16.5. The van der Waals surface area contributed by atoms with Crippen molar-refractivity contribution in [3.05, 3.63) is 60.4 Å². The van der Waals surface area contributed by atoms with Gasteiger partial charge in [-0.1, -0.05) is 6.07 Å². The highest BCUT2D eigenvalue weighted by atomic mass is 19.1. The lowest BCUT2D eigenvalue weighted by Gasteiger charge is -2.29. The molecule has 0 spiro atoms. The van der Waals surface area contributed by atoms with E-state index in [4.69, 9.17) is 4.74 Å². The van der Waals surface area contributed by atoms with Gasteiger partial charge < -0.3 is 15.0 Å². The first-order chi connectivity index (χ1) is 12.7. The van der Waals surface area contributed by atoms with Crippen molar-refractivity contribution in [2.24, 2.45) is 0 Å². The van der Waals surface area contributed by atoms with Crippen LogP contribution in [0.2, 0.25) is 0 Å². The number of morpholine rings is 1. The standard InChI is InChI=1S/C18H17F2N5O/c19-13-2-1-3-16(9-13)25-12-21-18(23-25)22-15-8-14(20)10-17(11-15)24-4-6-26-7-5-24/h1-3,8-12H,4-7H2,(H,22,23). The molecule has 1 fully saturated rings. The third-order valence-corrected chi connectivity index (χ3v) is 4.08. The maximum Gasteiger partial charge on any atom is 0.246 e. The van der Waals surface area contributed by atoms with Gasteiger partial charge in [0.05, 0.1) is 18.9 Å². The third kappa shape index (κ3) is 3.65. The molecule has 0 amide bonds. The van der Waals surface area contributed by atoms with Gasteiger partial charge in [0.1, 0.15) is 18.0 Å². The van der Waals surface area contributed by atoms with Gasteiger partial charge in [0, 0.05) is 24.5 Å². The Kier molecular flexibility index (Phi) is 4.49. The molecule has 8 heteroatoms. The minimum atomic E-state index is -0.354. The summed E-state index contributed by atoms with van der Waals surface area (Å²) in [5, 5.41) is 7.25. The Hall–Kier alpha value is -3.00. The fourth-order valence-electron chi connectivity index (χ4n) is 2.84. The quantitative estimate of drug-likeness (QED) is 0.778. The Balaban J connectivity index is 1.55. The maximum absolute atomic E-state index is 14.0. The second-order valence-corrected chi connectivity index (χ2v) is 5.92. The number of hydrogen-bond donors (Lipinski definition) is 1. The van der Waals surface area contributed by atoms with Gasteiger partial charge in [-0.05, 0) is 36.4 Å². The fourth-order valence-corrected chi connectivity index (χ4v) is 2.84. The molecule has 1 aliphatic rings. The summed E-state index contributed by atoms with van der Waals surface area (Å²) in [4.78, 5) is 6.22. The number of benzene rings is 2. The van der Waals surface area contributed by atoms with Gasteiger partial charge in [-0.15, -0.1) is 5.10 Å². The topological polar surface area (TPSA) is 55.2 Å². The molecule has 0 radical (unpaired) electrons. The van der Waals surface area contributed by atoms with E-state index in [1.165, 1.54) is 35.3 Å². The molecule has 0 unspecified atom stereocenters. The van der Waals surface area contributed by atoms with E-state index in [0.717, 1.165) is 18.8 Å². The Labute approximate surface area is 149 Å². The largest absolute Gasteiger partial charge is 0.378 e. The number of hydrogen-bond acceptors (Lipinski definition) is 5. The van der Waals surface area contributed by atoms with Gasteiger partial charge in [-0.3, -0.25) is 0 Å². The van der Waals surface area contributed by atoms with Gasteiger partial charge in [-0.2, -0.15) is 4.98 Å². The SMILES string of the molecule is Fc1cc(Nc2ncn(-c3cccc(F)c3)n2)cc(N2CCOCC2)c1. The molecule has 0 saturated carbocycles. The Morgan fingerprint density at radius 2 is 1.77 bits per heavy atom. The van der Waals surface area contributed by atoms with Crippen molar-refractivity contribution in [3.63, 3.8) is 0 Å². The summed E-state index contributed by atoms with van der Waals surface area (Å²) in [6.45, 7) is 2.68. The molecule has 0 bridgehead atoms. The summed E-state index contributed by atoms with van der Waals surface area (Å²) in [5.41, 5.74) is 1.88.